The van der Waals surface area contributed by atoms with Crippen LogP contribution in [0.15, 0.2) is 125 Å². The van der Waals surface area contributed by atoms with Crippen molar-refractivity contribution in [2.45, 2.75) is 19.6 Å². The van der Waals surface area contributed by atoms with Gasteiger partial charge in [-0.1, -0.05) is 96.3 Å². The van der Waals surface area contributed by atoms with E-state index in [1.165, 1.54) is 11.3 Å². The number of carbonyl (C=O) groups is 1. The zero-order chi connectivity index (χ0) is 34.8. The van der Waals surface area contributed by atoms with Gasteiger partial charge < -0.3 is 14.2 Å². The van der Waals surface area contributed by atoms with Crippen LogP contribution >= 0.6 is 56.5 Å². The Bertz CT molecular complexity index is 2450. The second kappa shape index (κ2) is 14.9. The first kappa shape index (κ1) is 34.2. The zero-order valence-corrected chi connectivity index (χ0v) is 32.2. The van der Waals surface area contributed by atoms with E-state index in [0.29, 0.717) is 38.7 Å². The molecule has 1 aliphatic heterocycles. The minimum absolute atomic E-state index is 0.178. The number of halogens is 2. The van der Waals surface area contributed by atoms with Gasteiger partial charge in [0.25, 0.3) is 5.56 Å². The second-order valence-corrected chi connectivity index (χ2v) is 14.9. The number of hydrogen-bond acceptors (Lipinski definition) is 7. The molecule has 0 amide bonds. The van der Waals surface area contributed by atoms with Crippen LogP contribution in [0, 0.1) is 7.14 Å². The lowest BCUT2D eigenvalue weighted by atomic mass is 9.93. The molecule has 7 rings (SSSR count). The first-order valence-electron chi connectivity index (χ1n) is 15.9. The van der Waals surface area contributed by atoms with E-state index >= 15 is 0 Å². The van der Waals surface area contributed by atoms with Gasteiger partial charge in [0.1, 0.15) is 18.1 Å². The Hall–Kier alpha value is -4.27. The molecule has 6 aromatic rings. The topological polar surface area (TPSA) is 79.1 Å². The second-order valence-electron chi connectivity index (χ2n) is 11.4. The SMILES string of the molecule is CCOC(=O)C1=C(c2ccccc2)N=c2s/c(=C\c3cc(I)cc(I)c3OCc3cccc4ccccc34)c(=O)n2[C@@H]1c1ccc(OC)cc1. The van der Waals surface area contributed by atoms with Crippen LogP contribution in [0.25, 0.3) is 22.5 Å². The molecule has 0 saturated carbocycles. The Balaban J connectivity index is 1.40. The van der Waals surface area contributed by atoms with Crippen molar-refractivity contribution < 1.29 is 19.0 Å². The van der Waals surface area contributed by atoms with Crippen LogP contribution in [0.2, 0.25) is 0 Å². The molecule has 0 spiro atoms. The number of hydrogen-bond donors (Lipinski definition) is 0. The highest BCUT2D eigenvalue weighted by Gasteiger charge is 2.35. The molecule has 0 aliphatic carbocycles. The summed E-state index contributed by atoms with van der Waals surface area (Å²) in [7, 11) is 1.60. The third kappa shape index (κ3) is 6.75. The summed E-state index contributed by atoms with van der Waals surface area (Å²) in [5, 5.41) is 2.28. The first-order valence-corrected chi connectivity index (χ1v) is 18.8. The Kier molecular flexibility index (Phi) is 10.2. The molecule has 0 radical (unpaired) electrons. The third-order valence-electron chi connectivity index (χ3n) is 8.38. The standard InChI is InChI=1S/C40H30I2N2O5S/c1-3-48-39(46)34-35(25-11-5-4-6-12-25)43-40-44(36(34)26-16-18-30(47-2)19-17-26)38(45)33(50-40)21-28-20-29(41)22-32(42)37(28)49-23-27-14-9-13-24-10-7-8-15-31(24)27/h4-22,36H,3,23H2,1-2H3/b33-21-/t36-/m1/s1. The van der Waals surface area contributed by atoms with Crippen LogP contribution in [-0.4, -0.2) is 24.3 Å². The molecule has 2 heterocycles. The van der Waals surface area contributed by atoms with Gasteiger partial charge in [-0.05, 0) is 104 Å². The van der Waals surface area contributed by atoms with Crippen molar-refractivity contribution in [3.05, 3.63) is 164 Å². The number of methoxy groups -OCH3 is 1. The van der Waals surface area contributed by atoms with E-state index < -0.39 is 12.0 Å². The lowest BCUT2D eigenvalue weighted by Crippen LogP contribution is -2.40. The summed E-state index contributed by atoms with van der Waals surface area (Å²) in [6.45, 7) is 2.30. The van der Waals surface area contributed by atoms with Gasteiger partial charge in [-0.3, -0.25) is 9.36 Å². The number of rotatable bonds is 9. The molecule has 7 nitrogen and oxygen atoms in total. The molecule has 50 heavy (non-hydrogen) atoms. The van der Waals surface area contributed by atoms with Crippen LogP contribution in [0.1, 0.15) is 35.2 Å². The molecular weight excluding hydrogens is 874 g/mol. The van der Waals surface area contributed by atoms with Crippen molar-refractivity contribution in [1.29, 1.82) is 0 Å². The third-order valence-corrected chi connectivity index (χ3v) is 10.8. The lowest BCUT2D eigenvalue weighted by Gasteiger charge is -2.26. The highest BCUT2D eigenvalue weighted by atomic mass is 127. The zero-order valence-electron chi connectivity index (χ0n) is 27.1. The molecule has 250 valence electrons. The predicted molar refractivity (Wildman–Crippen MR) is 214 cm³/mol. The number of carbonyl (C=O) groups excluding carboxylic acids is 1. The van der Waals surface area contributed by atoms with Gasteiger partial charge >= 0.3 is 5.97 Å². The van der Waals surface area contributed by atoms with Gasteiger partial charge in [0.15, 0.2) is 4.80 Å². The summed E-state index contributed by atoms with van der Waals surface area (Å²) in [4.78, 5) is 33.8. The van der Waals surface area contributed by atoms with E-state index in [9.17, 15) is 9.59 Å². The Labute approximate surface area is 319 Å². The summed E-state index contributed by atoms with van der Waals surface area (Å²) in [5.74, 6) is 0.825. The van der Waals surface area contributed by atoms with Crippen LogP contribution < -0.4 is 24.4 Å². The highest BCUT2D eigenvalue weighted by Crippen LogP contribution is 2.36. The predicted octanol–water partition coefficient (Wildman–Crippen LogP) is 7.89. The number of aromatic nitrogens is 1. The maximum atomic E-state index is 14.5. The molecule has 10 heteroatoms. The number of fused-ring (bicyclic) bond motifs is 2. The molecule has 1 aliphatic rings. The van der Waals surface area contributed by atoms with Crippen molar-refractivity contribution in [2.24, 2.45) is 4.99 Å². The maximum Gasteiger partial charge on any atom is 0.338 e. The summed E-state index contributed by atoms with van der Waals surface area (Å²) >= 11 is 5.85. The highest BCUT2D eigenvalue weighted by molar-refractivity contribution is 14.1. The van der Waals surface area contributed by atoms with Crippen LogP contribution in [0.3, 0.4) is 0 Å². The molecule has 0 N–H and O–H groups in total. The molecule has 0 saturated heterocycles. The molecule has 0 bridgehead atoms. The van der Waals surface area contributed by atoms with E-state index in [0.717, 1.165) is 40.2 Å². The van der Waals surface area contributed by atoms with Crippen molar-refractivity contribution in [2.75, 3.05) is 13.7 Å². The molecule has 0 fully saturated rings. The van der Waals surface area contributed by atoms with Crippen molar-refractivity contribution in [1.82, 2.24) is 4.57 Å². The molecule has 1 atom stereocenters. The van der Waals surface area contributed by atoms with Gasteiger partial charge in [-0.25, -0.2) is 9.79 Å². The van der Waals surface area contributed by atoms with Crippen LogP contribution in [0.5, 0.6) is 11.5 Å². The minimum atomic E-state index is -0.785. The summed E-state index contributed by atoms with van der Waals surface area (Å²) < 4.78 is 21.6. The van der Waals surface area contributed by atoms with Crippen LogP contribution in [0.4, 0.5) is 0 Å². The smallest absolute Gasteiger partial charge is 0.338 e. The van der Waals surface area contributed by atoms with Gasteiger partial charge in [-0.2, -0.15) is 0 Å². The van der Waals surface area contributed by atoms with Crippen molar-refractivity contribution >= 4 is 85.0 Å². The lowest BCUT2D eigenvalue weighted by molar-refractivity contribution is -0.138. The largest absolute Gasteiger partial charge is 0.497 e. The van der Waals surface area contributed by atoms with Gasteiger partial charge in [0.2, 0.25) is 0 Å². The quantitative estimate of drug-likeness (QED) is 0.109. The fourth-order valence-corrected chi connectivity index (χ4v) is 9.13. The fourth-order valence-electron chi connectivity index (χ4n) is 6.09. The number of nitrogens with zero attached hydrogens (tertiary/aromatic N) is 2. The number of thiazole rings is 1. The van der Waals surface area contributed by atoms with E-state index in [1.54, 1.807) is 18.6 Å². The Morgan fingerprint density at radius 2 is 1.68 bits per heavy atom. The minimum Gasteiger partial charge on any atom is -0.497 e. The van der Waals surface area contributed by atoms with Gasteiger partial charge in [-0.15, -0.1) is 0 Å². The fraction of sp³-hybridized carbons (Fsp3) is 0.125. The van der Waals surface area contributed by atoms with Crippen molar-refractivity contribution in [3.63, 3.8) is 0 Å². The van der Waals surface area contributed by atoms with E-state index in [-0.39, 0.29) is 12.2 Å². The van der Waals surface area contributed by atoms with Gasteiger partial charge in [0.05, 0.1) is 39.1 Å². The summed E-state index contributed by atoms with van der Waals surface area (Å²) in [6.07, 6.45) is 1.87. The Morgan fingerprint density at radius 3 is 2.44 bits per heavy atom. The first-order chi connectivity index (χ1) is 24.4. The normalized spacial score (nSPS) is 14.3. The molecule has 0 unspecified atom stereocenters. The number of ether oxygens (including phenoxy) is 3. The van der Waals surface area contributed by atoms with E-state index in [4.69, 9.17) is 19.2 Å². The maximum absolute atomic E-state index is 14.5. The monoisotopic (exact) mass is 904 g/mol. The summed E-state index contributed by atoms with van der Waals surface area (Å²) in [5.41, 5.74) is 3.83. The van der Waals surface area contributed by atoms with Crippen LogP contribution in [-0.2, 0) is 16.1 Å². The van der Waals surface area contributed by atoms with Gasteiger partial charge in [0, 0.05) is 14.7 Å². The average Bonchev–Trinajstić information content (AvgIpc) is 3.44. The van der Waals surface area contributed by atoms with Crippen molar-refractivity contribution in [3.8, 4) is 11.5 Å². The number of benzene rings is 5. The van der Waals surface area contributed by atoms with E-state index in [1.807, 2.05) is 84.9 Å². The molecule has 1 aromatic heterocycles. The average molecular weight is 905 g/mol. The molecular formula is C40H30I2N2O5S. The number of esters is 1. The molecule has 5 aromatic carbocycles. The summed E-state index contributed by atoms with van der Waals surface area (Å²) in [6, 6.07) is 34.6. The Morgan fingerprint density at radius 1 is 0.940 bits per heavy atom. The van der Waals surface area contributed by atoms with E-state index in [2.05, 4.69) is 75.5 Å².